The number of rotatable bonds is 6. The van der Waals surface area contributed by atoms with Gasteiger partial charge in [-0.2, -0.15) is 0 Å². The molecule has 0 radical (unpaired) electrons. The second-order valence-corrected chi connectivity index (χ2v) is 9.63. The number of hydrogen-bond donors (Lipinski definition) is 1. The van der Waals surface area contributed by atoms with E-state index in [1.807, 2.05) is 12.1 Å². The predicted octanol–water partition coefficient (Wildman–Crippen LogP) is 3.67. The van der Waals surface area contributed by atoms with E-state index in [0.717, 1.165) is 15.0 Å². The van der Waals surface area contributed by atoms with Gasteiger partial charge in [0.2, 0.25) is 5.91 Å². The highest BCUT2D eigenvalue weighted by molar-refractivity contribution is 9.10. The molecule has 1 saturated heterocycles. The molecule has 1 fully saturated rings. The number of Topliss-reactive ketones (excluding diaryl/α,β-unsaturated/α-hetero) is 1. The van der Waals surface area contributed by atoms with Crippen molar-refractivity contribution < 1.29 is 23.9 Å². The third-order valence-electron chi connectivity index (χ3n) is 5.22. The van der Waals surface area contributed by atoms with E-state index >= 15 is 0 Å². The molecule has 2 aromatic carbocycles. The van der Waals surface area contributed by atoms with Crippen molar-refractivity contribution in [2.24, 2.45) is 5.92 Å². The van der Waals surface area contributed by atoms with E-state index in [4.69, 9.17) is 4.74 Å². The molecule has 1 aliphatic rings. The maximum Gasteiger partial charge on any atom is 0.311 e. The van der Waals surface area contributed by atoms with Crippen molar-refractivity contribution in [1.29, 1.82) is 0 Å². The first kappa shape index (κ1) is 23.7. The summed E-state index contributed by atoms with van der Waals surface area (Å²) < 4.78 is 5.95. The summed E-state index contributed by atoms with van der Waals surface area (Å²) in [4.78, 5) is 49.3. The van der Waals surface area contributed by atoms with Crippen LogP contribution in [0.15, 0.2) is 53.0 Å². The van der Waals surface area contributed by atoms with Crippen molar-refractivity contribution >= 4 is 39.5 Å². The van der Waals surface area contributed by atoms with E-state index in [1.165, 1.54) is 0 Å². The molecule has 168 valence electrons. The highest BCUT2D eigenvalue weighted by Gasteiger charge is 2.36. The van der Waals surface area contributed by atoms with Crippen molar-refractivity contribution in [2.75, 3.05) is 13.2 Å². The Morgan fingerprint density at radius 1 is 1.03 bits per heavy atom. The quantitative estimate of drug-likeness (QED) is 0.482. The molecule has 0 bridgehead atoms. The Kier molecular flexibility index (Phi) is 7.13. The lowest BCUT2D eigenvalue weighted by Gasteiger charge is -2.20. The highest BCUT2D eigenvalue weighted by Crippen LogP contribution is 2.23. The SMILES string of the molecule is CC(C)(C)c1ccc(C(=O)NN2C[C@@H](C(=O)OCC(=O)c3ccc(Br)cc3)CC2=O)cc1. The largest absolute Gasteiger partial charge is 0.457 e. The Balaban J connectivity index is 1.52. The zero-order chi connectivity index (χ0) is 23.5. The van der Waals surface area contributed by atoms with Crippen LogP contribution in [-0.2, 0) is 19.7 Å². The summed E-state index contributed by atoms with van der Waals surface area (Å²) in [5.74, 6) is -2.54. The van der Waals surface area contributed by atoms with E-state index in [2.05, 4.69) is 42.1 Å². The normalized spacial score (nSPS) is 16.1. The molecule has 7 nitrogen and oxygen atoms in total. The van der Waals surface area contributed by atoms with Gasteiger partial charge in [0, 0.05) is 22.0 Å². The van der Waals surface area contributed by atoms with Gasteiger partial charge in [-0.15, -0.1) is 0 Å². The van der Waals surface area contributed by atoms with Gasteiger partial charge < -0.3 is 4.74 Å². The average molecular weight is 501 g/mol. The van der Waals surface area contributed by atoms with Crippen LogP contribution in [0, 0.1) is 5.92 Å². The Morgan fingerprint density at radius 2 is 1.62 bits per heavy atom. The van der Waals surface area contributed by atoms with Crippen LogP contribution < -0.4 is 5.43 Å². The van der Waals surface area contributed by atoms with Crippen LogP contribution in [0.3, 0.4) is 0 Å². The molecule has 32 heavy (non-hydrogen) atoms. The first-order valence-corrected chi connectivity index (χ1v) is 11.0. The summed E-state index contributed by atoms with van der Waals surface area (Å²) in [7, 11) is 0. The van der Waals surface area contributed by atoms with Crippen LogP contribution in [0.4, 0.5) is 0 Å². The minimum absolute atomic E-state index is 0.00401. The van der Waals surface area contributed by atoms with Crippen molar-refractivity contribution in [3.8, 4) is 0 Å². The molecule has 1 heterocycles. The van der Waals surface area contributed by atoms with Crippen molar-refractivity contribution in [1.82, 2.24) is 10.4 Å². The van der Waals surface area contributed by atoms with E-state index in [9.17, 15) is 19.2 Å². The van der Waals surface area contributed by atoms with Crippen LogP contribution in [0.25, 0.3) is 0 Å². The summed E-state index contributed by atoms with van der Waals surface area (Å²) in [6.45, 7) is 5.83. The second kappa shape index (κ2) is 9.65. The van der Waals surface area contributed by atoms with Crippen LogP contribution in [-0.4, -0.2) is 41.7 Å². The molecule has 8 heteroatoms. The standard InChI is InChI=1S/C24H25BrN2O5/c1-24(2,3)18-8-4-16(5-9-18)22(30)26-27-13-17(12-21(27)29)23(31)32-14-20(28)15-6-10-19(25)11-7-15/h4-11,17H,12-14H2,1-3H3,(H,26,30)/t17-/m0/s1. The van der Waals surface area contributed by atoms with Crippen molar-refractivity contribution in [3.05, 3.63) is 69.7 Å². The average Bonchev–Trinajstić information content (AvgIpc) is 3.12. The fraction of sp³-hybridized carbons (Fsp3) is 0.333. The molecule has 0 aromatic heterocycles. The fourth-order valence-corrected chi connectivity index (χ4v) is 3.52. The molecule has 1 aliphatic heterocycles. The van der Waals surface area contributed by atoms with Gasteiger partial charge in [-0.3, -0.25) is 29.6 Å². The summed E-state index contributed by atoms with van der Waals surface area (Å²) in [6.07, 6.45) is -0.0887. The smallest absolute Gasteiger partial charge is 0.311 e. The van der Waals surface area contributed by atoms with Crippen LogP contribution in [0.5, 0.6) is 0 Å². The maximum absolute atomic E-state index is 12.5. The van der Waals surface area contributed by atoms with Gasteiger partial charge in [-0.1, -0.05) is 61.0 Å². The number of hydrogen-bond acceptors (Lipinski definition) is 5. The minimum atomic E-state index is -0.746. The summed E-state index contributed by atoms with van der Waals surface area (Å²) in [5, 5.41) is 1.13. The molecule has 0 spiro atoms. The first-order valence-electron chi connectivity index (χ1n) is 10.2. The van der Waals surface area contributed by atoms with E-state index in [0.29, 0.717) is 11.1 Å². The number of amides is 2. The number of hydrazine groups is 1. The number of esters is 1. The maximum atomic E-state index is 12.5. The van der Waals surface area contributed by atoms with Crippen LogP contribution in [0.2, 0.25) is 0 Å². The number of benzene rings is 2. The molecule has 1 atom stereocenters. The Labute approximate surface area is 195 Å². The van der Waals surface area contributed by atoms with Crippen molar-refractivity contribution in [3.63, 3.8) is 0 Å². The fourth-order valence-electron chi connectivity index (χ4n) is 3.26. The number of ketones is 1. The van der Waals surface area contributed by atoms with Gasteiger partial charge in [0.25, 0.3) is 5.91 Å². The van der Waals surface area contributed by atoms with E-state index in [-0.39, 0.29) is 30.1 Å². The summed E-state index contributed by atoms with van der Waals surface area (Å²) >= 11 is 3.29. The van der Waals surface area contributed by atoms with Gasteiger partial charge in [0.15, 0.2) is 12.4 Å². The number of ether oxygens (including phenoxy) is 1. The molecule has 3 rings (SSSR count). The molecular weight excluding hydrogens is 476 g/mol. The summed E-state index contributed by atoms with van der Waals surface area (Å²) in [5.41, 5.74) is 4.44. The predicted molar refractivity (Wildman–Crippen MR) is 122 cm³/mol. The zero-order valence-corrected chi connectivity index (χ0v) is 19.8. The lowest BCUT2D eigenvalue weighted by Crippen LogP contribution is -2.43. The summed E-state index contributed by atoms with van der Waals surface area (Å²) in [6, 6.07) is 13.9. The topological polar surface area (TPSA) is 92.8 Å². The second-order valence-electron chi connectivity index (χ2n) is 8.71. The van der Waals surface area contributed by atoms with Crippen LogP contribution in [0.1, 0.15) is 53.5 Å². The van der Waals surface area contributed by atoms with Gasteiger partial charge in [0.1, 0.15) is 0 Å². The lowest BCUT2D eigenvalue weighted by atomic mass is 9.87. The minimum Gasteiger partial charge on any atom is -0.457 e. The van der Waals surface area contributed by atoms with Gasteiger partial charge in [-0.25, -0.2) is 0 Å². The van der Waals surface area contributed by atoms with Crippen molar-refractivity contribution in [2.45, 2.75) is 32.6 Å². The Morgan fingerprint density at radius 3 is 2.22 bits per heavy atom. The van der Waals surface area contributed by atoms with Gasteiger partial charge >= 0.3 is 5.97 Å². The molecule has 0 aliphatic carbocycles. The number of nitrogens with one attached hydrogen (secondary N) is 1. The zero-order valence-electron chi connectivity index (χ0n) is 18.2. The molecule has 1 N–H and O–H groups in total. The number of halogens is 1. The Bertz CT molecular complexity index is 1030. The monoisotopic (exact) mass is 500 g/mol. The van der Waals surface area contributed by atoms with Crippen LogP contribution >= 0.6 is 15.9 Å². The highest BCUT2D eigenvalue weighted by atomic mass is 79.9. The molecule has 2 aromatic rings. The molecular formula is C24H25BrN2O5. The van der Waals surface area contributed by atoms with Gasteiger partial charge in [-0.05, 0) is 35.2 Å². The van der Waals surface area contributed by atoms with Gasteiger partial charge in [0.05, 0.1) is 12.5 Å². The third kappa shape index (κ3) is 5.82. The Hall–Kier alpha value is -3.00. The first-order chi connectivity index (χ1) is 15.0. The number of nitrogens with zero attached hydrogens (tertiary/aromatic N) is 1. The molecule has 0 saturated carbocycles. The number of carbonyl (C=O) groups excluding carboxylic acids is 4. The molecule has 2 amide bonds. The lowest BCUT2D eigenvalue weighted by molar-refractivity contribution is -0.147. The van der Waals surface area contributed by atoms with E-state index in [1.54, 1.807) is 36.4 Å². The van der Waals surface area contributed by atoms with E-state index < -0.39 is 24.4 Å². The third-order valence-corrected chi connectivity index (χ3v) is 5.75. The molecule has 0 unspecified atom stereocenters. The number of carbonyl (C=O) groups is 4.